The standard InChI is InChI=1S/C23H24F3N3O4S/c24-23(25,26)18-14-16(15-4-2-1-3-5-15)6-8-20(18)34(32,33)28-17-10-12-29(13-11-17)22(31)19-7-9-21(30)27-19/h1-6,8,14,17,19,28H,7,9-13H2,(H,27,30)/t19-/m1/s1. The number of sulfonamides is 1. The van der Waals surface area contributed by atoms with E-state index in [1.807, 2.05) is 0 Å². The number of alkyl halides is 3. The summed E-state index contributed by atoms with van der Waals surface area (Å²) in [6, 6.07) is 10.4. The van der Waals surface area contributed by atoms with E-state index in [9.17, 15) is 31.2 Å². The van der Waals surface area contributed by atoms with Gasteiger partial charge in [0.1, 0.15) is 6.04 Å². The maximum Gasteiger partial charge on any atom is 0.417 e. The molecule has 7 nitrogen and oxygen atoms in total. The van der Waals surface area contributed by atoms with Crippen molar-refractivity contribution in [1.82, 2.24) is 14.9 Å². The number of rotatable bonds is 5. The molecule has 11 heteroatoms. The number of nitrogens with one attached hydrogen (secondary N) is 2. The second kappa shape index (κ2) is 9.38. The molecule has 0 aliphatic carbocycles. The van der Waals surface area contributed by atoms with Gasteiger partial charge >= 0.3 is 6.18 Å². The van der Waals surface area contributed by atoms with Crippen molar-refractivity contribution in [3.63, 3.8) is 0 Å². The Morgan fingerprint density at radius 1 is 1.00 bits per heavy atom. The van der Waals surface area contributed by atoms with Crippen LogP contribution in [0.5, 0.6) is 0 Å². The highest BCUT2D eigenvalue weighted by molar-refractivity contribution is 7.89. The lowest BCUT2D eigenvalue weighted by molar-refractivity contribution is -0.140. The van der Waals surface area contributed by atoms with Crippen molar-refractivity contribution in [2.45, 2.75) is 48.8 Å². The summed E-state index contributed by atoms with van der Waals surface area (Å²) in [5.41, 5.74) is -0.427. The predicted octanol–water partition coefficient (Wildman–Crippen LogP) is 2.92. The molecule has 0 spiro atoms. The molecule has 2 aromatic carbocycles. The molecule has 2 aromatic rings. The monoisotopic (exact) mass is 495 g/mol. The Morgan fingerprint density at radius 3 is 2.26 bits per heavy atom. The summed E-state index contributed by atoms with van der Waals surface area (Å²) >= 11 is 0. The van der Waals surface area contributed by atoms with E-state index in [-0.39, 0.29) is 49.7 Å². The Bertz CT molecular complexity index is 1180. The first-order chi connectivity index (χ1) is 16.0. The normalized spacial score (nSPS) is 19.8. The molecular weight excluding hydrogens is 471 g/mol. The third kappa shape index (κ3) is 5.25. The summed E-state index contributed by atoms with van der Waals surface area (Å²) in [6.45, 7) is 0.495. The molecule has 0 saturated carbocycles. The number of benzene rings is 2. The van der Waals surface area contributed by atoms with Crippen LogP contribution in [0.15, 0.2) is 53.4 Å². The zero-order valence-corrected chi connectivity index (χ0v) is 19.0. The number of amides is 2. The molecule has 2 aliphatic rings. The van der Waals surface area contributed by atoms with Gasteiger partial charge in [0.2, 0.25) is 21.8 Å². The van der Waals surface area contributed by atoms with Crippen molar-refractivity contribution >= 4 is 21.8 Å². The highest BCUT2D eigenvalue weighted by Crippen LogP contribution is 2.37. The Labute approximate surface area is 195 Å². The first kappa shape index (κ1) is 24.2. The quantitative estimate of drug-likeness (QED) is 0.667. The van der Waals surface area contributed by atoms with Gasteiger partial charge in [0.05, 0.1) is 10.5 Å². The fourth-order valence-corrected chi connectivity index (χ4v) is 5.83. The van der Waals surface area contributed by atoms with Gasteiger partial charge in [-0.15, -0.1) is 0 Å². The topological polar surface area (TPSA) is 95.6 Å². The zero-order valence-electron chi connectivity index (χ0n) is 18.1. The number of hydrogen-bond acceptors (Lipinski definition) is 4. The minimum absolute atomic E-state index is 0.181. The van der Waals surface area contributed by atoms with Gasteiger partial charge in [-0.3, -0.25) is 9.59 Å². The van der Waals surface area contributed by atoms with Gasteiger partial charge in [0.15, 0.2) is 0 Å². The molecule has 182 valence electrons. The SMILES string of the molecule is O=C1CC[C@H](C(=O)N2CCC(NS(=O)(=O)c3ccc(-c4ccccc4)cc3C(F)(F)F)CC2)N1. The predicted molar refractivity (Wildman–Crippen MR) is 118 cm³/mol. The molecule has 4 rings (SSSR count). The number of likely N-dealkylation sites (tertiary alicyclic amines) is 1. The summed E-state index contributed by atoms with van der Waals surface area (Å²) in [4.78, 5) is 24.6. The lowest BCUT2D eigenvalue weighted by Gasteiger charge is -2.33. The van der Waals surface area contributed by atoms with Crippen LogP contribution < -0.4 is 10.0 Å². The third-order valence-electron chi connectivity index (χ3n) is 6.10. The van der Waals surface area contributed by atoms with Gasteiger partial charge < -0.3 is 10.2 Å². The van der Waals surface area contributed by atoms with E-state index in [4.69, 9.17) is 0 Å². The lowest BCUT2D eigenvalue weighted by atomic mass is 10.0. The van der Waals surface area contributed by atoms with E-state index in [0.717, 1.165) is 12.1 Å². The van der Waals surface area contributed by atoms with Crippen LogP contribution in [0.25, 0.3) is 11.1 Å². The van der Waals surface area contributed by atoms with Crippen LogP contribution in [0, 0.1) is 0 Å². The third-order valence-corrected chi connectivity index (χ3v) is 7.68. The molecule has 2 saturated heterocycles. The van der Waals surface area contributed by atoms with Crippen molar-refractivity contribution in [3.05, 3.63) is 54.1 Å². The van der Waals surface area contributed by atoms with Crippen molar-refractivity contribution in [2.24, 2.45) is 0 Å². The lowest BCUT2D eigenvalue weighted by Crippen LogP contribution is -2.51. The van der Waals surface area contributed by atoms with Crippen LogP contribution in [0.1, 0.15) is 31.2 Å². The van der Waals surface area contributed by atoms with Crippen molar-refractivity contribution in [1.29, 1.82) is 0 Å². The van der Waals surface area contributed by atoms with Gasteiger partial charge in [-0.05, 0) is 42.5 Å². The molecule has 0 aromatic heterocycles. The number of carbonyl (C=O) groups excluding carboxylic acids is 2. The van der Waals surface area contributed by atoms with E-state index < -0.39 is 38.7 Å². The van der Waals surface area contributed by atoms with E-state index in [1.54, 1.807) is 35.2 Å². The van der Waals surface area contributed by atoms with Crippen LogP contribution in [0.2, 0.25) is 0 Å². The number of halogens is 3. The molecule has 0 radical (unpaired) electrons. The van der Waals surface area contributed by atoms with Crippen molar-refractivity contribution in [2.75, 3.05) is 13.1 Å². The maximum atomic E-state index is 13.8. The Hall–Kier alpha value is -2.92. The summed E-state index contributed by atoms with van der Waals surface area (Å²) in [5.74, 6) is -0.400. The number of carbonyl (C=O) groups is 2. The Morgan fingerprint density at radius 2 is 1.68 bits per heavy atom. The minimum Gasteiger partial charge on any atom is -0.344 e. The average molecular weight is 496 g/mol. The van der Waals surface area contributed by atoms with Crippen LogP contribution in [-0.4, -0.2) is 50.3 Å². The Kier molecular flexibility index (Phi) is 6.68. The molecule has 2 amide bonds. The molecule has 34 heavy (non-hydrogen) atoms. The van der Waals surface area contributed by atoms with Crippen molar-refractivity contribution in [3.8, 4) is 11.1 Å². The van der Waals surface area contributed by atoms with E-state index >= 15 is 0 Å². The first-order valence-electron chi connectivity index (χ1n) is 10.9. The summed E-state index contributed by atoms with van der Waals surface area (Å²) in [7, 11) is -4.46. The van der Waals surface area contributed by atoms with Crippen LogP contribution in [-0.2, 0) is 25.8 Å². The van der Waals surface area contributed by atoms with Crippen LogP contribution >= 0.6 is 0 Å². The van der Waals surface area contributed by atoms with Gasteiger partial charge in [-0.1, -0.05) is 36.4 Å². The second-order valence-electron chi connectivity index (χ2n) is 8.45. The number of piperidine rings is 1. The molecule has 2 N–H and O–H groups in total. The van der Waals surface area contributed by atoms with Crippen molar-refractivity contribution < 1.29 is 31.2 Å². The summed E-state index contributed by atoms with van der Waals surface area (Å²) < 4.78 is 69.7. The summed E-state index contributed by atoms with van der Waals surface area (Å²) in [5, 5.41) is 2.61. The zero-order chi connectivity index (χ0) is 24.5. The highest BCUT2D eigenvalue weighted by atomic mass is 32.2. The van der Waals surface area contributed by atoms with Crippen LogP contribution in [0.3, 0.4) is 0 Å². The van der Waals surface area contributed by atoms with Gasteiger partial charge in [-0.25, -0.2) is 13.1 Å². The molecule has 2 aliphatic heterocycles. The van der Waals surface area contributed by atoms with Crippen LogP contribution in [0.4, 0.5) is 13.2 Å². The first-order valence-corrected chi connectivity index (χ1v) is 12.4. The van der Waals surface area contributed by atoms with E-state index in [2.05, 4.69) is 10.0 Å². The smallest absolute Gasteiger partial charge is 0.344 e. The maximum absolute atomic E-state index is 13.8. The second-order valence-corrected chi connectivity index (χ2v) is 10.1. The largest absolute Gasteiger partial charge is 0.417 e. The molecule has 1 atom stereocenters. The van der Waals surface area contributed by atoms with E-state index in [1.165, 1.54) is 6.07 Å². The van der Waals surface area contributed by atoms with E-state index in [0.29, 0.717) is 12.0 Å². The average Bonchev–Trinajstić information content (AvgIpc) is 3.25. The fourth-order valence-electron chi connectivity index (χ4n) is 4.32. The van der Waals surface area contributed by atoms with Gasteiger partial charge in [0.25, 0.3) is 0 Å². The molecular formula is C23H24F3N3O4S. The number of hydrogen-bond donors (Lipinski definition) is 2. The van der Waals surface area contributed by atoms with Gasteiger partial charge in [-0.2, -0.15) is 13.2 Å². The highest BCUT2D eigenvalue weighted by Gasteiger charge is 2.39. The minimum atomic E-state index is -4.86. The summed E-state index contributed by atoms with van der Waals surface area (Å²) in [6.07, 6.45) is -3.64. The molecule has 0 unspecified atom stereocenters. The molecule has 0 bridgehead atoms. The fraction of sp³-hybridized carbons (Fsp3) is 0.391. The number of nitrogens with zero attached hydrogens (tertiary/aromatic N) is 1. The molecule has 2 heterocycles. The molecule has 2 fully saturated rings. The van der Waals surface area contributed by atoms with Gasteiger partial charge in [0, 0.05) is 25.6 Å². The Balaban J connectivity index is 1.48.